The Labute approximate surface area is 393 Å². The van der Waals surface area contributed by atoms with Gasteiger partial charge in [0.15, 0.2) is 0 Å². The monoisotopic (exact) mass is 867 g/mol. The molecule has 2 heteroatoms. The minimum Gasteiger partial charge on any atom is -0.494 e. The zero-order chi connectivity index (χ0) is 45.0. The first kappa shape index (κ1) is 49.9. The van der Waals surface area contributed by atoms with E-state index in [-0.39, 0.29) is 10.8 Å². The molecule has 0 heterocycles. The van der Waals surface area contributed by atoms with Gasteiger partial charge in [-0.1, -0.05) is 219 Å². The molecule has 0 N–H and O–H groups in total. The lowest BCUT2D eigenvalue weighted by atomic mass is 9.70. The van der Waals surface area contributed by atoms with E-state index in [1.54, 1.807) is 0 Å². The lowest BCUT2D eigenvalue weighted by Gasteiger charge is -2.33. The smallest absolute Gasteiger partial charge is 0.119 e. The van der Waals surface area contributed by atoms with Crippen LogP contribution < -0.4 is 9.47 Å². The van der Waals surface area contributed by atoms with E-state index in [4.69, 9.17) is 9.47 Å². The molecule has 0 amide bonds. The summed E-state index contributed by atoms with van der Waals surface area (Å²) in [6.07, 6.45) is 36.2. The Morgan fingerprint density at radius 3 is 0.891 bits per heavy atom. The lowest BCUT2D eigenvalue weighted by Crippen LogP contribution is -2.25. The van der Waals surface area contributed by atoms with E-state index in [2.05, 4.69) is 114 Å². The average Bonchev–Trinajstić information content (AvgIpc) is 3.72. The summed E-state index contributed by atoms with van der Waals surface area (Å²) in [6.45, 7) is 15.7. The predicted molar refractivity (Wildman–Crippen MR) is 279 cm³/mol. The molecule has 0 atom stereocenters. The summed E-state index contributed by atoms with van der Waals surface area (Å²) < 4.78 is 13.1. The van der Waals surface area contributed by atoms with Gasteiger partial charge in [-0.3, -0.25) is 0 Å². The van der Waals surface area contributed by atoms with Gasteiger partial charge in [-0.2, -0.15) is 0 Å². The highest BCUT2D eigenvalue weighted by atomic mass is 16.5. The van der Waals surface area contributed by atoms with Crippen LogP contribution in [0.15, 0.2) is 72.8 Å². The molecule has 0 radical (unpaired) electrons. The number of fused-ring (bicyclic) bond motifs is 6. The van der Waals surface area contributed by atoms with Crippen LogP contribution in [-0.4, -0.2) is 13.2 Å². The molecule has 0 aliphatic heterocycles. The van der Waals surface area contributed by atoms with E-state index in [1.807, 2.05) is 0 Å². The van der Waals surface area contributed by atoms with Crippen molar-refractivity contribution in [2.45, 2.75) is 232 Å². The van der Waals surface area contributed by atoms with Crippen LogP contribution >= 0.6 is 0 Å². The molecule has 2 aliphatic rings. The van der Waals surface area contributed by atoms with E-state index < -0.39 is 0 Å². The number of unbranched alkanes of at least 4 members (excludes halogenated alkanes) is 18. The zero-order valence-electron chi connectivity index (χ0n) is 42.0. The van der Waals surface area contributed by atoms with Crippen LogP contribution in [0.25, 0.3) is 33.4 Å². The zero-order valence-corrected chi connectivity index (χ0v) is 42.0. The number of hydrogen-bond donors (Lipinski definition) is 0. The van der Waals surface area contributed by atoms with Gasteiger partial charge in [0.2, 0.25) is 0 Å². The summed E-state index contributed by atoms with van der Waals surface area (Å²) in [6, 6.07) is 29.0. The Hall–Kier alpha value is -3.52. The van der Waals surface area contributed by atoms with Crippen LogP contribution in [0.3, 0.4) is 0 Å². The Morgan fingerprint density at radius 2 is 0.578 bits per heavy atom. The molecule has 64 heavy (non-hydrogen) atoms. The molecule has 0 aromatic heterocycles. The Kier molecular flexibility index (Phi) is 20.3. The molecule has 6 rings (SSSR count). The molecule has 0 unspecified atom stereocenters. The Balaban J connectivity index is 1.17. The van der Waals surface area contributed by atoms with Gasteiger partial charge < -0.3 is 9.47 Å². The quantitative estimate of drug-likeness (QED) is 0.0444. The fourth-order valence-corrected chi connectivity index (χ4v) is 12.1. The molecule has 4 aromatic rings. The van der Waals surface area contributed by atoms with Gasteiger partial charge in [0, 0.05) is 10.8 Å². The normalized spacial score (nSPS) is 14.0. The Morgan fingerprint density at radius 1 is 0.297 bits per heavy atom. The standard InChI is InChI=1S/C62H90O2/c1-7-13-15-17-19-21-23-25-27-29-43-63-51-33-37-55-53-35-31-49(45-57(53)61(39-9-3,40-10-4)59(55)47-51)50-32-36-54-56-38-34-52(64-44-30-28-26-24-22-20-18-16-14-8-2)48-60(56)62(41-11-5,42-12-6)58(54)46-50/h31-38,45-48H,7-30,39-44H2,1-6H3. The van der Waals surface area contributed by atoms with Crippen molar-refractivity contribution in [3.8, 4) is 44.9 Å². The van der Waals surface area contributed by atoms with Gasteiger partial charge in [-0.25, -0.2) is 0 Å². The third-order valence-corrected chi connectivity index (χ3v) is 15.2. The van der Waals surface area contributed by atoms with E-state index in [9.17, 15) is 0 Å². The van der Waals surface area contributed by atoms with Crippen molar-refractivity contribution in [1.29, 1.82) is 0 Å². The molecule has 350 valence electrons. The van der Waals surface area contributed by atoms with Gasteiger partial charge in [-0.15, -0.1) is 0 Å². The summed E-state index contributed by atoms with van der Waals surface area (Å²) in [4.78, 5) is 0. The highest BCUT2D eigenvalue weighted by Crippen LogP contribution is 2.57. The molecule has 0 fully saturated rings. The van der Waals surface area contributed by atoms with Crippen molar-refractivity contribution in [3.05, 3.63) is 95.1 Å². The predicted octanol–water partition coefficient (Wildman–Crippen LogP) is 19.7. The van der Waals surface area contributed by atoms with E-state index >= 15 is 0 Å². The minimum atomic E-state index is 0.00606. The van der Waals surface area contributed by atoms with E-state index in [0.29, 0.717) is 0 Å². The van der Waals surface area contributed by atoms with E-state index in [1.165, 1.54) is 171 Å². The topological polar surface area (TPSA) is 18.5 Å². The highest BCUT2D eigenvalue weighted by molar-refractivity contribution is 5.87. The van der Waals surface area contributed by atoms with Crippen LogP contribution in [-0.2, 0) is 10.8 Å². The van der Waals surface area contributed by atoms with Crippen molar-refractivity contribution >= 4 is 0 Å². The molecule has 2 aliphatic carbocycles. The van der Waals surface area contributed by atoms with Crippen LogP contribution in [0.4, 0.5) is 0 Å². The fourth-order valence-electron chi connectivity index (χ4n) is 12.1. The first-order chi connectivity index (χ1) is 31.5. The molecule has 4 aromatic carbocycles. The maximum absolute atomic E-state index is 6.53. The van der Waals surface area contributed by atoms with Crippen molar-refractivity contribution in [2.24, 2.45) is 0 Å². The first-order valence-corrected chi connectivity index (χ1v) is 27.3. The van der Waals surface area contributed by atoms with Crippen LogP contribution in [0, 0.1) is 0 Å². The maximum atomic E-state index is 6.53. The SMILES string of the molecule is CCCCCCCCCCCCOc1ccc2c(c1)C(CCC)(CCC)c1cc(-c3ccc4c(c3)C(CCC)(CCC)c3cc(OCCCCCCCCCCCC)ccc3-4)ccc1-2. The second kappa shape index (κ2) is 26.0. The molecule has 0 spiro atoms. The summed E-state index contributed by atoms with van der Waals surface area (Å²) in [5.74, 6) is 2.10. The molecule has 2 nitrogen and oxygen atoms in total. The third-order valence-electron chi connectivity index (χ3n) is 15.2. The van der Waals surface area contributed by atoms with Crippen molar-refractivity contribution < 1.29 is 9.47 Å². The number of ether oxygens (including phenoxy) is 2. The van der Waals surface area contributed by atoms with Crippen molar-refractivity contribution in [3.63, 3.8) is 0 Å². The second-order valence-electron chi connectivity index (χ2n) is 20.2. The largest absolute Gasteiger partial charge is 0.494 e. The highest BCUT2D eigenvalue weighted by Gasteiger charge is 2.44. The van der Waals surface area contributed by atoms with Crippen LogP contribution in [0.1, 0.15) is 244 Å². The van der Waals surface area contributed by atoms with Crippen molar-refractivity contribution in [2.75, 3.05) is 13.2 Å². The lowest BCUT2D eigenvalue weighted by molar-refractivity contribution is 0.303. The number of rotatable bonds is 33. The molecule has 0 saturated heterocycles. The number of hydrogen-bond acceptors (Lipinski definition) is 2. The number of benzene rings is 4. The fraction of sp³-hybridized carbons (Fsp3) is 0.613. The van der Waals surface area contributed by atoms with Gasteiger partial charge in [0.1, 0.15) is 11.5 Å². The molecular weight excluding hydrogens is 777 g/mol. The maximum Gasteiger partial charge on any atom is 0.119 e. The summed E-state index contributed by atoms with van der Waals surface area (Å²) in [7, 11) is 0. The summed E-state index contributed by atoms with van der Waals surface area (Å²) in [5.41, 5.74) is 14.4. The second-order valence-corrected chi connectivity index (χ2v) is 20.2. The van der Waals surface area contributed by atoms with Crippen LogP contribution in [0.2, 0.25) is 0 Å². The van der Waals surface area contributed by atoms with Gasteiger partial charge in [0.25, 0.3) is 0 Å². The van der Waals surface area contributed by atoms with Gasteiger partial charge >= 0.3 is 0 Å². The molecule has 0 bridgehead atoms. The van der Waals surface area contributed by atoms with E-state index in [0.717, 1.165) is 88.9 Å². The minimum absolute atomic E-state index is 0.00606. The Bertz CT molecular complexity index is 1830. The summed E-state index contributed by atoms with van der Waals surface area (Å²) >= 11 is 0. The van der Waals surface area contributed by atoms with Crippen LogP contribution in [0.5, 0.6) is 11.5 Å². The van der Waals surface area contributed by atoms with Crippen molar-refractivity contribution in [1.82, 2.24) is 0 Å². The summed E-state index contributed by atoms with van der Waals surface area (Å²) in [5, 5.41) is 0. The van der Waals surface area contributed by atoms with Gasteiger partial charge in [-0.05, 0) is 131 Å². The first-order valence-electron chi connectivity index (χ1n) is 27.3. The average molecular weight is 867 g/mol. The molecular formula is C62H90O2. The molecule has 0 saturated carbocycles. The third kappa shape index (κ3) is 12.1. The van der Waals surface area contributed by atoms with Gasteiger partial charge in [0.05, 0.1) is 13.2 Å².